The van der Waals surface area contributed by atoms with E-state index in [1.54, 1.807) is 14.2 Å². The molecule has 0 saturated heterocycles. The molecule has 0 unspecified atom stereocenters. The third-order valence-corrected chi connectivity index (χ3v) is 2.90. The Balaban J connectivity index is 2.63. The third-order valence-electron chi connectivity index (χ3n) is 2.62. The lowest BCUT2D eigenvalue weighted by molar-refractivity contribution is -0.0207. The monoisotopic (exact) mass is 348 g/mol. The van der Waals surface area contributed by atoms with Crippen molar-refractivity contribution in [2.75, 3.05) is 54.2 Å². The summed E-state index contributed by atoms with van der Waals surface area (Å²) in [4.78, 5) is 10.9. The molecule has 8 heteroatoms. The highest BCUT2D eigenvalue weighted by molar-refractivity contribution is 6.32. The Morgan fingerprint density at radius 1 is 0.957 bits per heavy atom. The van der Waals surface area contributed by atoms with Crippen molar-refractivity contribution in [3.05, 3.63) is 22.7 Å². The van der Waals surface area contributed by atoms with Crippen LogP contribution >= 0.6 is 11.6 Å². The molecule has 0 atom stereocenters. The molecule has 7 nitrogen and oxygen atoms in total. The van der Waals surface area contributed by atoms with Crippen LogP contribution in [0.1, 0.15) is 10.4 Å². The molecule has 0 aromatic heterocycles. The Labute approximate surface area is 140 Å². The number of benzene rings is 1. The lowest BCUT2D eigenvalue weighted by atomic mass is 10.2. The molecule has 130 valence electrons. The molecule has 0 aliphatic rings. The topological polar surface area (TPSA) is 72.5 Å². The summed E-state index contributed by atoms with van der Waals surface area (Å²) in [5.74, 6) is 0.581. The van der Waals surface area contributed by atoms with Gasteiger partial charge in [0.05, 0.1) is 31.5 Å². The van der Waals surface area contributed by atoms with Crippen molar-refractivity contribution in [1.29, 1.82) is 0 Å². The van der Waals surface area contributed by atoms with Crippen molar-refractivity contribution in [2.24, 2.45) is 0 Å². The summed E-state index contributed by atoms with van der Waals surface area (Å²) < 4.78 is 31.1. The Hall–Kier alpha value is -1.38. The number of ether oxygens (including phenoxy) is 6. The summed E-state index contributed by atoms with van der Waals surface area (Å²) in [6.07, 6.45) is 0.670. The first-order valence-electron chi connectivity index (χ1n) is 6.90. The quantitative estimate of drug-likeness (QED) is 0.307. The molecule has 1 aromatic carbocycles. The van der Waals surface area contributed by atoms with E-state index >= 15 is 0 Å². The van der Waals surface area contributed by atoms with E-state index in [-0.39, 0.29) is 24.4 Å². The summed E-state index contributed by atoms with van der Waals surface area (Å²) in [5.41, 5.74) is 0.370. The number of carbonyl (C=O) groups excluding carboxylic acids is 1. The largest absolute Gasteiger partial charge is 0.464 e. The van der Waals surface area contributed by atoms with Crippen molar-refractivity contribution >= 4 is 17.9 Å². The van der Waals surface area contributed by atoms with E-state index in [0.717, 1.165) is 0 Å². The van der Waals surface area contributed by atoms with Crippen LogP contribution in [0, 0.1) is 0 Å². The first-order chi connectivity index (χ1) is 11.2. The Morgan fingerprint density at radius 2 is 1.57 bits per heavy atom. The lowest BCUT2D eigenvalue weighted by Crippen LogP contribution is -2.11. The second-order valence-electron chi connectivity index (χ2n) is 4.27. The maximum absolute atomic E-state index is 10.9. The van der Waals surface area contributed by atoms with E-state index in [0.29, 0.717) is 44.0 Å². The second-order valence-corrected chi connectivity index (χ2v) is 4.68. The van der Waals surface area contributed by atoms with Crippen LogP contribution in [0.25, 0.3) is 0 Å². The third kappa shape index (κ3) is 7.62. The fourth-order valence-electron chi connectivity index (χ4n) is 1.51. The van der Waals surface area contributed by atoms with Crippen LogP contribution in [0.3, 0.4) is 0 Å². The van der Waals surface area contributed by atoms with Gasteiger partial charge in [0.15, 0.2) is 25.1 Å². The molecule has 0 radical (unpaired) electrons. The number of carbonyl (C=O) groups is 1. The standard InChI is InChI=1S/C15H21ClO7/c1-18-3-5-20-10-22-14-8-12(9-17)7-13(16)15(14)23-11-21-6-4-19-2/h7-9H,3-6,10-11H2,1-2H3. The van der Waals surface area contributed by atoms with Gasteiger partial charge in [-0.3, -0.25) is 4.79 Å². The Morgan fingerprint density at radius 3 is 2.13 bits per heavy atom. The average Bonchev–Trinajstić information content (AvgIpc) is 2.55. The molecule has 0 spiro atoms. The Kier molecular flexibility index (Phi) is 10.3. The lowest BCUT2D eigenvalue weighted by Gasteiger charge is -2.15. The van der Waals surface area contributed by atoms with Gasteiger partial charge in [-0.2, -0.15) is 0 Å². The zero-order valence-electron chi connectivity index (χ0n) is 13.2. The molecular formula is C15H21ClO7. The first kappa shape index (κ1) is 19.7. The predicted octanol–water partition coefficient (Wildman–Crippen LogP) is 2.15. The van der Waals surface area contributed by atoms with Gasteiger partial charge < -0.3 is 28.4 Å². The first-order valence-corrected chi connectivity index (χ1v) is 7.28. The molecule has 0 saturated carbocycles. The molecule has 0 aliphatic carbocycles. The van der Waals surface area contributed by atoms with Gasteiger partial charge >= 0.3 is 0 Å². The number of aldehydes is 1. The summed E-state index contributed by atoms with van der Waals surface area (Å²) in [6, 6.07) is 3.00. The molecule has 23 heavy (non-hydrogen) atoms. The summed E-state index contributed by atoms with van der Waals surface area (Å²) in [6.45, 7) is 1.63. The fourth-order valence-corrected chi connectivity index (χ4v) is 1.79. The van der Waals surface area contributed by atoms with E-state index in [2.05, 4.69) is 0 Å². The number of rotatable bonds is 13. The molecule has 0 aliphatic heterocycles. The molecule has 0 N–H and O–H groups in total. The smallest absolute Gasteiger partial charge is 0.189 e. The van der Waals surface area contributed by atoms with E-state index in [1.165, 1.54) is 12.1 Å². The van der Waals surface area contributed by atoms with E-state index < -0.39 is 0 Å². The second kappa shape index (κ2) is 12.1. The van der Waals surface area contributed by atoms with Gasteiger partial charge in [-0.05, 0) is 12.1 Å². The number of hydrogen-bond acceptors (Lipinski definition) is 7. The van der Waals surface area contributed by atoms with Crippen LogP contribution in [0.2, 0.25) is 5.02 Å². The summed E-state index contributed by atoms with van der Waals surface area (Å²) in [7, 11) is 3.15. The van der Waals surface area contributed by atoms with Gasteiger partial charge in [0.1, 0.15) is 6.29 Å². The number of hydrogen-bond donors (Lipinski definition) is 0. The van der Waals surface area contributed by atoms with Crippen LogP contribution in [-0.2, 0) is 18.9 Å². The van der Waals surface area contributed by atoms with Crippen LogP contribution < -0.4 is 9.47 Å². The van der Waals surface area contributed by atoms with Crippen molar-refractivity contribution in [2.45, 2.75) is 0 Å². The maximum Gasteiger partial charge on any atom is 0.189 e. The highest BCUT2D eigenvalue weighted by Crippen LogP contribution is 2.36. The Bertz CT molecular complexity index is 467. The predicted molar refractivity (Wildman–Crippen MR) is 83.5 cm³/mol. The SMILES string of the molecule is COCCOCOc1cc(C=O)cc(Cl)c1OCOCCOC. The maximum atomic E-state index is 10.9. The van der Waals surface area contributed by atoms with Gasteiger partial charge in [0, 0.05) is 19.8 Å². The van der Waals surface area contributed by atoms with Crippen LogP contribution in [0.4, 0.5) is 0 Å². The minimum Gasteiger partial charge on any atom is -0.464 e. The molecular weight excluding hydrogens is 328 g/mol. The highest BCUT2D eigenvalue weighted by atomic mass is 35.5. The van der Waals surface area contributed by atoms with Gasteiger partial charge in [0.25, 0.3) is 0 Å². The number of methoxy groups -OCH3 is 2. The van der Waals surface area contributed by atoms with E-state index in [1.807, 2.05) is 0 Å². The minimum absolute atomic E-state index is 0.0234. The van der Waals surface area contributed by atoms with Gasteiger partial charge in [0.2, 0.25) is 0 Å². The number of halogens is 1. The average molecular weight is 349 g/mol. The molecule has 0 fully saturated rings. The van der Waals surface area contributed by atoms with Crippen molar-refractivity contribution in [1.82, 2.24) is 0 Å². The van der Waals surface area contributed by atoms with Crippen molar-refractivity contribution in [3.8, 4) is 11.5 Å². The molecule has 1 aromatic rings. The minimum atomic E-state index is -0.0249. The van der Waals surface area contributed by atoms with Crippen LogP contribution in [-0.4, -0.2) is 60.5 Å². The zero-order valence-corrected chi connectivity index (χ0v) is 14.0. The molecule has 0 bridgehead atoms. The van der Waals surface area contributed by atoms with Gasteiger partial charge in [-0.1, -0.05) is 11.6 Å². The normalized spacial score (nSPS) is 10.6. The van der Waals surface area contributed by atoms with Gasteiger partial charge in [-0.25, -0.2) is 0 Å². The molecule has 0 heterocycles. The van der Waals surface area contributed by atoms with E-state index in [4.69, 9.17) is 40.0 Å². The molecule has 1 rings (SSSR count). The summed E-state index contributed by atoms with van der Waals surface area (Å²) >= 11 is 6.11. The fraction of sp³-hybridized carbons (Fsp3) is 0.533. The zero-order chi connectivity index (χ0) is 16.9. The highest BCUT2D eigenvalue weighted by Gasteiger charge is 2.13. The summed E-state index contributed by atoms with van der Waals surface area (Å²) in [5, 5.41) is 0.247. The van der Waals surface area contributed by atoms with Crippen LogP contribution in [0.15, 0.2) is 12.1 Å². The van der Waals surface area contributed by atoms with Crippen LogP contribution in [0.5, 0.6) is 11.5 Å². The molecule has 0 amide bonds. The van der Waals surface area contributed by atoms with E-state index in [9.17, 15) is 4.79 Å². The van der Waals surface area contributed by atoms with Crippen molar-refractivity contribution < 1.29 is 33.2 Å². The van der Waals surface area contributed by atoms with Gasteiger partial charge in [-0.15, -0.1) is 0 Å². The van der Waals surface area contributed by atoms with Crippen molar-refractivity contribution in [3.63, 3.8) is 0 Å².